The van der Waals surface area contributed by atoms with Crippen LogP contribution in [0, 0.1) is 0 Å². The minimum absolute atomic E-state index is 0.159. The number of rotatable bonds is 6. The molecule has 2 amide bonds. The molecule has 2 N–H and O–H groups in total. The molecule has 0 saturated heterocycles. The zero-order valence-corrected chi connectivity index (χ0v) is 16.1. The lowest BCUT2D eigenvalue weighted by Crippen LogP contribution is -2.32. The normalized spacial score (nSPS) is 12.6. The number of carbonyl (C=O) groups is 2. The Labute approximate surface area is 165 Å². The fourth-order valence-corrected chi connectivity index (χ4v) is 3.08. The van der Waals surface area contributed by atoms with Gasteiger partial charge in [0.15, 0.2) is 0 Å². The topological polar surface area (TPSA) is 58.2 Å². The average Bonchev–Trinajstić information content (AvgIpc) is 2.74. The van der Waals surface area contributed by atoms with Crippen molar-refractivity contribution in [2.45, 2.75) is 25.9 Å². The number of carbonyl (C=O) groups excluding carboxylic acids is 2. The maximum absolute atomic E-state index is 12.8. The predicted octanol–water partition coefficient (Wildman–Crippen LogP) is 4.67. The number of amides is 2. The second-order valence-corrected chi connectivity index (χ2v) is 6.76. The minimum Gasteiger partial charge on any atom is -0.345 e. The summed E-state index contributed by atoms with van der Waals surface area (Å²) in [6, 6.07) is 26.0. The maximum atomic E-state index is 12.8. The van der Waals surface area contributed by atoms with Crippen LogP contribution >= 0.6 is 0 Å². The number of nitrogens with one attached hydrogen (secondary N) is 2. The van der Waals surface area contributed by atoms with Gasteiger partial charge in [0.25, 0.3) is 11.8 Å². The summed E-state index contributed by atoms with van der Waals surface area (Å²) in [6.07, 6.45) is 0. The van der Waals surface area contributed by atoms with Crippen LogP contribution in [0.15, 0.2) is 84.9 Å². The monoisotopic (exact) mass is 372 g/mol. The Morgan fingerprint density at radius 1 is 0.571 bits per heavy atom. The molecule has 0 aromatic heterocycles. The quantitative estimate of drug-likeness (QED) is 0.661. The Kier molecular flexibility index (Phi) is 6.22. The van der Waals surface area contributed by atoms with Gasteiger partial charge in [-0.05, 0) is 37.1 Å². The van der Waals surface area contributed by atoms with Gasteiger partial charge in [0, 0.05) is 0 Å². The smallest absolute Gasteiger partial charge is 0.252 e. The molecule has 142 valence electrons. The molecule has 0 aliphatic rings. The van der Waals surface area contributed by atoms with E-state index in [1.807, 2.05) is 74.5 Å². The number of hydrogen-bond donors (Lipinski definition) is 2. The summed E-state index contributed by atoms with van der Waals surface area (Å²) in [4.78, 5) is 25.6. The van der Waals surface area contributed by atoms with Gasteiger partial charge in [-0.1, -0.05) is 72.8 Å². The van der Waals surface area contributed by atoms with E-state index in [9.17, 15) is 9.59 Å². The van der Waals surface area contributed by atoms with Crippen LogP contribution in [0.5, 0.6) is 0 Å². The van der Waals surface area contributed by atoms with Gasteiger partial charge in [-0.3, -0.25) is 9.59 Å². The van der Waals surface area contributed by atoms with Gasteiger partial charge in [0.1, 0.15) is 0 Å². The van der Waals surface area contributed by atoms with Crippen molar-refractivity contribution in [1.29, 1.82) is 0 Å². The molecule has 3 aromatic carbocycles. The molecular formula is C24H24N2O2. The Morgan fingerprint density at radius 3 is 1.25 bits per heavy atom. The molecule has 0 radical (unpaired) electrons. The van der Waals surface area contributed by atoms with E-state index in [0.29, 0.717) is 11.1 Å². The highest BCUT2D eigenvalue weighted by atomic mass is 16.2. The molecule has 4 heteroatoms. The Hall–Kier alpha value is -3.40. The summed E-state index contributed by atoms with van der Waals surface area (Å²) >= 11 is 0. The fraction of sp³-hybridized carbons (Fsp3) is 0.167. The van der Waals surface area contributed by atoms with Crippen molar-refractivity contribution < 1.29 is 9.59 Å². The second kappa shape index (κ2) is 9.00. The average molecular weight is 372 g/mol. The van der Waals surface area contributed by atoms with E-state index in [-0.39, 0.29) is 23.9 Å². The molecule has 0 fully saturated rings. The van der Waals surface area contributed by atoms with E-state index in [2.05, 4.69) is 10.6 Å². The van der Waals surface area contributed by atoms with Crippen LogP contribution in [0.3, 0.4) is 0 Å². The van der Waals surface area contributed by atoms with Crippen molar-refractivity contribution in [1.82, 2.24) is 10.6 Å². The molecule has 0 bridgehead atoms. The van der Waals surface area contributed by atoms with Crippen LogP contribution in [0.25, 0.3) is 0 Å². The maximum Gasteiger partial charge on any atom is 0.252 e. The molecule has 0 unspecified atom stereocenters. The largest absolute Gasteiger partial charge is 0.345 e. The Bertz CT molecular complexity index is 861. The Morgan fingerprint density at radius 2 is 0.893 bits per heavy atom. The molecule has 3 rings (SSSR count). The molecule has 2 atom stereocenters. The van der Waals surface area contributed by atoms with Gasteiger partial charge in [-0.2, -0.15) is 0 Å². The highest BCUT2D eigenvalue weighted by Gasteiger charge is 2.20. The fourth-order valence-electron chi connectivity index (χ4n) is 3.08. The van der Waals surface area contributed by atoms with Gasteiger partial charge in [0.05, 0.1) is 23.2 Å². The lowest BCUT2D eigenvalue weighted by molar-refractivity contribution is 0.0905. The first kappa shape index (κ1) is 19.4. The summed E-state index contributed by atoms with van der Waals surface area (Å²) in [5.74, 6) is -0.538. The zero-order chi connectivity index (χ0) is 19.9. The lowest BCUT2D eigenvalue weighted by Gasteiger charge is -2.18. The molecule has 0 aliphatic carbocycles. The van der Waals surface area contributed by atoms with Gasteiger partial charge >= 0.3 is 0 Å². The summed E-state index contributed by atoms with van der Waals surface area (Å²) in [7, 11) is 0. The van der Waals surface area contributed by atoms with E-state index >= 15 is 0 Å². The predicted molar refractivity (Wildman–Crippen MR) is 111 cm³/mol. The van der Waals surface area contributed by atoms with Crippen LogP contribution < -0.4 is 10.6 Å². The molecule has 28 heavy (non-hydrogen) atoms. The molecule has 0 spiro atoms. The van der Waals surface area contributed by atoms with Gasteiger partial charge in [0.2, 0.25) is 0 Å². The van der Waals surface area contributed by atoms with E-state index in [4.69, 9.17) is 0 Å². The van der Waals surface area contributed by atoms with E-state index in [1.54, 1.807) is 24.3 Å². The van der Waals surface area contributed by atoms with E-state index in [1.165, 1.54) is 0 Å². The summed E-state index contributed by atoms with van der Waals surface area (Å²) in [5, 5.41) is 5.95. The zero-order valence-electron chi connectivity index (χ0n) is 16.1. The summed E-state index contributed by atoms with van der Waals surface area (Å²) in [6.45, 7) is 3.85. The standard InChI is InChI=1S/C24H24N2O2/c1-17(19-11-5-3-6-12-19)25-23(27)21-15-9-10-16-22(21)24(28)26-18(2)20-13-7-4-8-14-20/h3-18H,1-2H3,(H,25,27)(H,26,28)/t17-,18-/m1/s1. The second-order valence-electron chi connectivity index (χ2n) is 6.76. The van der Waals surface area contributed by atoms with Crippen LogP contribution in [0.4, 0.5) is 0 Å². The molecule has 0 aliphatic heterocycles. The van der Waals surface area contributed by atoms with Gasteiger partial charge in [-0.25, -0.2) is 0 Å². The highest BCUT2D eigenvalue weighted by Crippen LogP contribution is 2.17. The van der Waals surface area contributed by atoms with Crippen molar-refractivity contribution in [3.63, 3.8) is 0 Å². The van der Waals surface area contributed by atoms with Gasteiger partial charge < -0.3 is 10.6 Å². The van der Waals surface area contributed by atoms with Crippen LogP contribution in [-0.2, 0) is 0 Å². The molecular weight excluding hydrogens is 348 g/mol. The van der Waals surface area contributed by atoms with Crippen molar-refractivity contribution in [2.24, 2.45) is 0 Å². The third kappa shape index (κ3) is 4.65. The first-order chi connectivity index (χ1) is 13.6. The third-order valence-corrected chi connectivity index (χ3v) is 4.71. The summed E-state index contributed by atoms with van der Waals surface area (Å²) in [5.41, 5.74) is 2.75. The molecule has 4 nitrogen and oxygen atoms in total. The van der Waals surface area contributed by atoms with Crippen molar-refractivity contribution in [3.8, 4) is 0 Å². The molecule has 3 aromatic rings. The van der Waals surface area contributed by atoms with Crippen molar-refractivity contribution >= 4 is 11.8 Å². The van der Waals surface area contributed by atoms with Crippen LogP contribution in [-0.4, -0.2) is 11.8 Å². The van der Waals surface area contributed by atoms with Crippen molar-refractivity contribution in [3.05, 3.63) is 107 Å². The molecule has 0 saturated carbocycles. The lowest BCUT2D eigenvalue weighted by atomic mass is 10.0. The number of hydrogen-bond acceptors (Lipinski definition) is 2. The number of benzene rings is 3. The van der Waals surface area contributed by atoms with Crippen LogP contribution in [0.2, 0.25) is 0 Å². The van der Waals surface area contributed by atoms with Crippen LogP contribution in [0.1, 0.15) is 57.8 Å². The van der Waals surface area contributed by atoms with Crippen molar-refractivity contribution in [2.75, 3.05) is 0 Å². The SMILES string of the molecule is C[C@@H](NC(=O)c1ccccc1C(=O)N[C@H](C)c1ccccc1)c1ccccc1. The Balaban J connectivity index is 1.75. The summed E-state index contributed by atoms with van der Waals surface area (Å²) < 4.78 is 0. The minimum atomic E-state index is -0.269. The molecule has 0 heterocycles. The third-order valence-electron chi connectivity index (χ3n) is 4.71. The highest BCUT2D eigenvalue weighted by molar-refractivity contribution is 6.07. The van der Waals surface area contributed by atoms with E-state index < -0.39 is 0 Å². The first-order valence-electron chi connectivity index (χ1n) is 9.37. The van der Waals surface area contributed by atoms with E-state index in [0.717, 1.165) is 11.1 Å². The first-order valence-corrected chi connectivity index (χ1v) is 9.37. The van der Waals surface area contributed by atoms with Gasteiger partial charge in [-0.15, -0.1) is 0 Å².